The van der Waals surface area contributed by atoms with Crippen molar-refractivity contribution in [2.24, 2.45) is 0 Å². The SMILES string of the molecule is COC(=O)C(CNc1cc(I)ccc1C)NC(C)=O. The Morgan fingerprint density at radius 2 is 2.11 bits per heavy atom. The van der Waals surface area contributed by atoms with Crippen LogP contribution in [0.1, 0.15) is 12.5 Å². The minimum atomic E-state index is -0.695. The predicted molar refractivity (Wildman–Crippen MR) is 82.0 cm³/mol. The molecule has 1 rings (SSSR count). The molecule has 2 N–H and O–H groups in total. The Labute approximate surface area is 126 Å². The molecule has 0 heterocycles. The summed E-state index contributed by atoms with van der Waals surface area (Å²) < 4.78 is 5.76. The molecule has 1 unspecified atom stereocenters. The fourth-order valence-corrected chi connectivity index (χ4v) is 2.07. The summed E-state index contributed by atoms with van der Waals surface area (Å²) >= 11 is 2.22. The summed E-state index contributed by atoms with van der Waals surface area (Å²) in [5, 5.41) is 5.71. The lowest BCUT2D eigenvalue weighted by molar-refractivity contribution is -0.144. The van der Waals surface area contributed by atoms with Gasteiger partial charge in [-0.3, -0.25) is 4.79 Å². The zero-order valence-corrected chi connectivity index (χ0v) is 13.3. The van der Waals surface area contributed by atoms with E-state index in [1.165, 1.54) is 14.0 Å². The highest BCUT2D eigenvalue weighted by atomic mass is 127. The van der Waals surface area contributed by atoms with Gasteiger partial charge in [0, 0.05) is 22.7 Å². The Morgan fingerprint density at radius 1 is 1.42 bits per heavy atom. The molecule has 0 aromatic heterocycles. The third-order valence-electron chi connectivity index (χ3n) is 2.56. The first-order chi connectivity index (χ1) is 8.93. The number of hydrogen-bond acceptors (Lipinski definition) is 4. The fourth-order valence-electron chi connectivity index (χ4n) is 1.58. The maximum Gasteiger partial charge on any atom is 0.330 e. The molecule has 6 heteroatoms. The van der Waals surface area contributed by atoms with Crippen LogP contribution >= 0.6 is 22.6 Å². The zero-order valence-electron chi connectivity index (χ0n) is 11.1. The van der Waals surface area contributed by atoms with E-state index in [-0.39, 0.29) is 12.5 Å². The number of amides is 1. The molecule has 5 nitrogen and oxygen atoms in total. The van der Waals surface area contributed by atoms with Gasteiger partial charge in [0.25, 0.3) is 0 Å². The number of rotatable bonds is 5. The van der Waals surface area contributed by atoms with Crippen LogP contribution < -0.4 is 10.6 Å². The van der Waals surface area contributed by atoms with Crippen LogP contribution in [0.2, 0.25) is 0 Å². The van der Waals surface area contributed by atoms with Crippen molar-refractivity contribution in [3.05, 3.63) is 27.3 Å². The molecule has 0 radical (unpaired) electrons. The molecule has 104 valence electrons. The van der Waals surface area contributed by atoms with Crippen LogP contribution in [0, 0.1) is 10.5 Å². The lowest BCUT2D eigenvalue weighted by Gasteiger charge is -2.18. The largest absolute Gasteiger partial charge is 0.467 e. The van der Waals surface area contributed by atoms with Gasteiger partial charge >= 0.3 is 5.97 Å². The molecule has 0 aliphatic heterocycles. The second-order valence-corrected chi connectivity index (χ2v) is 5.36. The Balaban J connectivity index is 2.72. The molecular weight excluding hydrogens is 359 g/mol. The third-order valence-corrected chi connectivity index (χ3v) is 3.23. The molecule has 0 aliphatic rings. The van der Waals surface area contributed by atoms with Gasteiger partial charge in [0.2, 0.25) is 5.91 Å². The number of carbonyl (C=O) groups is 2. The highest BCUT2D eigenvalue weighted by Gasteiger charge is 2.19. The maximum absolute atomic E-state index is 11.5. The summed E-state index contributed by atoms with van der Waals surface area (Å²) in [5.41, 5.74) is 2.01. The van der Waals surface area contributed by atoms with Gasteiger partial charge < -0.3 is 15.4 Å². The van der Waals surface area contributed by atoms with E-state index in [1.807, 2.05) is 25.1 Å². The van der Waals surface area contributed by atoms with E-state index in [2.05, 4.69) is 38.0 Å². The zero-order chi connectivity index (χ0) is 14.4. The smallest absolute Gasteiger partial charge is 0.330 e. The average Bonchev–Trinajstić information content (AvgIpc) is 2.36. The lowest BCUT2D eigenvalue weighted by atomic mass is 10.2. The Hall–Kier alpha value is -1.31. The number of anilines is 1. The highest BCUT2D eigenvalue weighted by Crippen LogP contribution is 2.18. The standard InChI is InChI=1S/C13H17IN2O3/c1-8-4-5-10(14)6-11(8)15-7-12(13(18)19-3)16-9(2)17/h4-6,12,15H,7H2,1-3H3,(H,16,17). The van der Waals surface area contributed by atoms with E-state index >= 15 is 0 Å². The van der Waals surface area contributed by atoms with Crippen molar-refractivity contribution in [3.8, 4) is 0 Å². The highest BCUT2D eigenvalue weighted by molar-refractivity contribution is 14.1. The van der Waals surface area contributed by atoms with Crippen LogP contribution in [0.5, 0.6) is 0 Å². The van der Waals surface area contributed by atoms with E-state index in [4.69, 9.17) is 0 Å². The number of ether oxygens (including phenoxy) is 1. The van der Waals surface area contributed by atoms with Crippen molar-refractivity contribution < 1.29 is 14.3 Å². The summed E-state index contributed by atoms with van der Waals surface area (Å²) in [5.74, 6) is -0.734. The Bertz CT molecular complexity index is 477. The molecule has 1 aromatic carbocycles. The number of esters is 1. The van der Waals surface area contributed by atoms with Crippen molar-refractivity contribution in [2.75, 3.05) is 19.0 Å². The molecule has 0 aliphatic carbocycles. The molecular formula is C13H17IN2O3. The number of benzene rings is 1. The van der Waals surface area contributed by atoms with Gasteiger partial charge in [0.15, 0.2) is 0 Å². The second kappa shape index (κ2) is 7.32. The van der Waals surface area contributed by atoms with Crippen LogP contribution in [-0.2, 0) is 14.3 Å². The molecule has 0 saturated carbocycles. The quantitative estimate of drug-likeness (QED) is 0.607. The van der Waals surface area contributed by atoms with E-state index in [9.17, 15) is 9.59 Å². The van der Waals surface area contributed by atoms with Crippen LogP contribution in [0.15, 0.2) is 18.2 Å². The van der Waals surface area contributed by atoms with E-state index in [1.54, 1.807) is 0 Å². The average molecular weight is 376 g/mol. The van der Waals surface area contributed by atoms with Crippen molar-refractivity contribution in [3.63, 3.8) is 0 Å². The van der Waals surface area contributed by atoms with Crippen molar-refractivity contribution in [2.45, 2.75) is 19.9 Å². The minimum absolute atomic E-state index is 0.267. The predicted octanol–water partition coefficient (Wildman–Crippen LogP) is 1.69. The molecule has 0 saturated heterocycles. The molecule has 19 heavy (non-hydrogen) atoms. The summed E-state index contributed by atoms with van der Waals surface area (Å²) in [6.45, 7) is 3.63. The van der Waals surface area contributed by atoms with Gasteiger partial charge in [-0.1, -0.05) is 6.07 Å². The van der Waals surface area contributed by atoms with Gasteiger partial charge in [-0.15, -0.1) is 0 Å². The van der Waals surface area contributed by atoms with Crippen LogP contribution in [0.25, 0.3) is 0 Å². The summed E-state index contributed by atoms with van der Waals surface area (Å²) in [7, 11) is 1.30. The number of hydrogen-bond donors (Lipinski definition) is 2. The molecule has 1 amide bonds. The van der Waals surface area contributed by atoms with Gasteiger partial charge in [-0.25, -0.2) is 4.79 Å². The van der Waals surface area contributed by atoms with Gasteiger partial charge in [-0.2, -0.15) is 0 Å². The van der Waals surface area contributed by atoms with E-state index < -0.39 is 12.0 Å². The first kappa shape index (κ1) is 15.7. The molecule has 1 atom stereocenters. The van der Waals surface area contributed by atoms with Crippen molar-refractivity contribution in [1.82, 2.24) is 5.32 Å². The normalized spacial score (nSPS) is 11.6. The number of aryl methyl sites for hydroxylation is 1. The molecule has 0 spiro atoms. The van der Waals surface area contributed by atoms with Crippen LogP contribution in [0.3, 0.4) is 0 Å². The Morgan fingerprint density at radius 3 is 2.68 bits per heavy atom. The van der Waals surface area contributed by atoms with E-state index in [0.29, 0.717) is 0 Å². The minimum Gasteiger partial charge on any atom is -0.467 e. The van der Waals surface area contributed by atoms with Gasteiger partial charge in [0.05, 0.1) is 7.11 Å². The monoisotopic (exact) mass is 376 g/mol. The topological polar surface area (TPSA) is 67.4 Å². The first-order valence-electron chi connectivity index (χ1n) is 5.79. The summed E-state index contributed by atoms with van der Waals surface area (Å²) in [6, 6.07) is 5.29. The number of methoxy groups -OCH3 is 1. The van der Waals surface area contributed by atoms with E-state index in [0.717, 1.165) is 14.8 Å². The van der Waals surface area contributed by atoms with Crippen molar-refractivity contribution >= 4 is 40.2 Å². The Kier molecular flexibility index (Phi) is 6.07. The second-order valence-electron chi connectivity index (χ2n) is 4.12. The summed E-state index contributed by atoms with van der Waals surface area (Å²) in [6.07, 6.45) is 0. The van der Waals surface area contributed by atoms with Gasteiger partial charge in [0.1, 0.15) is 6.04 Å². The maximum atomic E-state index is 11.5. The number of halogens is 1. The molecule has 1 aromatic rings. The number of carbonyl (C=O) groups excluding carboxylic acids is 2. The van der Waals surface area contributed by atoms with Crippen LogP contribution in [0.4, 0.5) is 5.69 Å². The first-order valence-corrected chi connectivity index (χ1v) is 6.87. The molecule has 0 bridgehead atoms. The summed E-state index contributed by atoms with van der Waals surface area (Å²) in [4.78, 5) is 22.6. The molecule has 0 fully saturated rings. The fraction of sp³-hybridized carbons (Fsp3) is 0.385. The van der Waals surface area contributed by atoms with Crippen LogP contribution in [-0.4, -0.2) is 31.6 Å². The number of nitrogens with one attached hydrogen (secondary N) is 2. The lowest BCUT2D eigenvalue weighted by Crippen LogP contribution is -2.45. The third kappa shape index (κ3) is 5.06. The van der Waals surface area contributed by atoms with Crippen molar-refractivity contribution in [1.29, 1.82) is 0 Å². The van der Waals surface area contributed by atoms with Gasteiger partial charge in [-0.05, 0) is 47.2 Å².